The van der Waals surface area contributed by atoms with E-state index < -0.39 is 5.54 Å². The Morgan fingerprint density at radius 2 is 1.05 bits per heavy atom. The molecule has 0 bridgehead atoms. The van der Waals surface area contributed by atoms with Gasteiger partial charge in [-0.25, -0.2) is 10.0 Å². The summed E-state index contributed by atoms with van der Waals surface area (Å²) in [6.07, 6.45) is 0. The van der Waals surface area contributed by atoms with Crippen LogP contribution in [0.2, 0.25) is 0 Å². The van der Waals surface area contributed by atoms with Crippen LogP contribution in [0.5, 0.6) is 0 Å². The SMILES string of the molecule is Cc1ccc(N=C2N(c3ccccc3)N(c3cccc(C)c3)C2(c2ccccc2)c2ccccc2)cc1. The average Bonchev–Trinajstić information content (AvgIpc) is 2.94. The fourth-order valence-electron chi connectivity index (χ4n) is 5.22. The summed E-state index contributed by atoms with van der Waals surface area (Å²) in [4.78, 5) is 5.37. The molecule has 6 rings (SSSR count). The molecule has 0 N–H and O–H groups in total. The van der Waals surface area contributed by atoms with Crippen molar-refractivity contribution in [3.05, 3.63) is 162 Å². The monoisotopic (exact) mass is 479 g/mol. The highest BCUT2D eigenvalue weighted by atomic mass is 15.8. The van der Waals surface area contributed by atoms with Gasteiger partial charge in [-0.05, 0) is 66.9 Å². The van der Waals surface area contributed by atoms with Gasteiger partial charge >= 0.3 is 0 Å². The summed E-state index contributed by atoms with van der Waals surface area (Å²) in [6.45, 7) is 4.25. The smallest absolute Gasteiger partial charge is 0.171 e. The van der Waals surface area contributed by atoms with Crippen LogP contribution in [0.3, 0.4) is 0 Å². The summed E-state index contributed by atoms with van der Waals surface area (Å²) in [5.74, 6) is 0.960. The maximum Gasteiger partial charge on any atom is 0.171 e. The second-order valence-electron chi connectivity index (χ2n) is 9.51. The number of hydrogen-bond acceptors (Lipinski definition) is 2. The number of hydrogen-bond donors (Lipinski definition) is 0. The molecule has 3 heteroatoms. The predicted molar refractivity (Wildman–Crippen MR) is 155 cm³/mol. The van der Waals surface area contributed by atoms with Gasteiger partial charge in [0.05, 0.1) is 17.1 Å². The summed E-state index contributed by atoms with van der Waals surface area (Å²) in [6, 6.07) is 49.1. The molecule has 0 saturated carbocycles. The molecule has 180 valence electrons. The van der Waals surface area contributed by atoms with Crippen molar-refractivity contribution in [3.8, 4) is 0 Å². The van der Waals surface area contributed by atoms with Crippen LogP contribution in [-0.2, 0) is 5.54 Å². The van der Waals surface area contributed by atoms with Crippen molar-refractivity contribution in [1.29, 1.82) is 0 Å². The number of rotatable bonds is 5. The van der Waals surface area contributed by atoms with Crippen molar-refractivity contribution in [1.82, 2.24) is 0 Å². The molecule has 5 aromatic rings. The fourth-order valence-corrected chi connectivity index (χ4v) is 5.22. The highest BCUT2D eigenvalue weighted by Gasteiger charge is 2.60. The fraction of sp³-hybridized carbons (Fsp3) is 0.0882. The zero-order valence-corrected chi connectivity index (χ0v) is 21.1. The van der Waals surface area contributed by atoms with Crippen molar-refractivity contribution in [3.63, 3.8) is 0 Å². The van der Waals surface area contributed by atoms with E-state index in [-0.39, 0.29) is 0 Å². The molecule has 1 aliphatic rings. The van der Waals surface area contributed by atoms with Crippen LogP contribution in [0.15, 0.2) is 145 Å². The summed E-state index contributed by atoms with van der Waals surface area (Å²) >= 11 is 0. The summed E-state index contributed by atoms with van der Waals surface area (Å²) in [7, 11) is 0. The standard InChI is InChI=1S/C34H29N3/c1-26-21-23-30(24-22-26)35-33-34(28-14-6-3-7-15-28,29-16-8-4-9-17-29)37(32-20-12-13-27(2)25-32)36(33)31-18-10-5-11-19-31/h3-25H,1-2H3. The Kier molecular flexibility index (Phi) is 5.82. The molecule has 1 heterocycles. The van der Waals surface area contributed by atoms with Crippen LogP contribution in [0.25, 0.3) is 0 Å². The molecule has 0 radical (unpaired) electrons. The predicted octanol–water partition coefficient (Wildman–Crippen LogP) is 8.22. The number of aliphatic imine (C=N–C) groups is 1. The van der Waals surface area contributed by atoms with Crippen molar-refractivity contribution in [2.75, 3.05) is 10.0 Å². The summed E-state index contributed by atoms with van der Waals surface area (Å²) in [5.41, 5.74) is 7.25. The van der Waals surface area contributed by atoms with Gasteiger partial charge in [-0.1, -0.05) is 109 Å². The van der Waals surface area contributed by atoms with E-state index in [1.54, 1.807) is 0 Å². The molecule has 0 aromatic heterocycles. The third kappa shape index (κ3) is 3.89. The maximum atomic E-state index is 5.37. The first-order valence-electron chi connectivity index (χ1n) is 12.7. The molecule has 1 saturated heterocycles. The molecule has 1 fully saturated rings. The second-order valence-corrected chi connectivity index (χ2v) is 9.51. The molecule has 5 aromatic carbocycles. The molecule has 0 aliphatic carbocycles. The maximum absolute atomic E-state index is 5.37. The van der Waals surface area contributed by atoms with Gasteiger partial charge in [0.15, 0.2) is 11.4 Å². The molecule has 1 aliphatic heterocycles. The third-order valence-electron chi connectivity index (χ3n) is 6.94. The molecule has 0 unspecified atom stereocenters. The van der Waals surface area contributed by atoms with Crippen LogP contribution in [-0.4, -0.2) is 5.84 Å². The first-order chi connectivity index (χ1) is 18.2. The van der Waals surface area contributed by atoms with E-state index in [2.05, 4.69) is 163 Å². The highest BCUT2D eigenvalue weighted by molar-refractivity contribution is 6.19. The minimum absolute atomic E-state index is 0.628. The van der Waals surface area contributed by atoms with Crippen molar-refractivity contribution in [2.45, 2.75) is 19.4 Å². The third-order valence-corrected chi connectivity index (χ3v) is 6.94. The lowest BCUT2D eigenvalue weighted by Crippen LogP contribution is -2.77. The van der Waals surface area contributed by atoms with Crippen LogP contribution < -0.4 is 10.0 Å². The number of benzene rings is 5. The van der Waals surface area contributed by atoms with Gasteiger partial charge in [-0.15, -0.1) is 0 Å². The lowest BCUT2D eigenvalue weighted by molar-refractivity contribution is 0.535. The van der Waals surface area contributed by atoms with E-state index in [0.717, 1.165) is 22.9 Å². The Labute approximate surface area is 218 Å². The van der Waals surface area contributed by atoms with E-state index in [0.29, 0.717) is 0 Å². The highest BCUT2D eigenvalue weighted by Crippen LogP contribution is 2.52. The number of para-hydroxylation sites is 1. The molecule has 0 amide bonds. The van der Waals surface area contributed by atoms with Gasteiger partial charge in [0.2, 0.25) is 0 Å². The number of aryl methyl sites for hydroxylation is 2. The van der Waals surface area contributed by atoms with E-state index in [1.165, 1.54) is 22.3 Å². The Bertz CT molecular complexity index is 1490. The number of hydrazine groups is 1. The van der Waals surface area contributed by atoms with E-state index >= 15 is 0 Å². The van der Waals surface area contributed by atoms with E-state index in [4.69, 9.17) is 4.99 Å². The summed E-state index contributed by atoms with van der Waals surface area (Å²) in [5, 5.41) is 4.65. The molecule has 37 heavy (non-hydrogen) atoms. The van der Waals surface area contributed by atoms with Gasteiger partial charge in [-0.2, -0.15) is 0 Å². The van der Waals surface area contributed by atoms with Gasteiger partial charge in [-0.3, -0.25) is 5.01 Å². The average molecular weight is 480 g/mol. The molecule has 0 atom stereocenters. The largest absolute Gasteiger partial charge is 0.257 e. The van der Waals surface area contributed by atoms with Crippen LogP contribution in [0, 0.1) is 13.8 Å². The first kappa shape index (κ1) is 22.8. The van der Waals surface area contributed by atoms with Gasteiger partial charge < -0.3 is 0 Å². The number of nitrogens with zero attached hydrogens (tertiary/aromatic N) is 3. The zero-order chi connectivity index (χ0) is 25.2. The lowest BCUT2D eigenvalue weighted by atomic mass is 9.76. The molecular weight excluding hydrogens is 450 g/mol. The minimum Gasteiger partial charge on any atom is -0.257 e. The lowest BCUT2D eigenvalue weighted by Gasteiger charge is -2.62. The van der Waals surface area contributed by atoms with Crippen LogP contribution in [0.1, 0.15) is 22.3 Å². The van der Waals surface area contributed by atoms with Gasteiger partial charge in [0, 0.05) is 0 Å². The minimum atomic E-state index is -0.628. The van der Waals surface area contributed by atoms with E-state index in [9.17, 15) is 0 Å². The van der Waals surface area contributed by atoms with Gasteiger partial charge in [0.25, 0.3) is 0 Å². The second kappa shape index (κ2) is 9.44. The summed E-state index contributed by atoms with van der Waals surface area (Å²) < 4.78 is 0. The van der Waals surface area contributed by atoms with Crippen LogP contribution in [0.4, 0.5) is 17.1 Å². The molecule has 3 nitrogen and oxygen atoms in total. The van der Waals surface area contributed by atoms with Crippen LogP contribution >= 0.6 is 0 Å². The topological polar surface area (TPSA) is 18.8 Å². The number of anilines is 2. The quantitative estimate of drug-likeness (QED) is 0.253. The Morgan fingerprint density at radius 1 is 0.514 bits per heavy atom. The first-order valence-corrected chi connectivity index (χ1v) is 12.7. The van der Waals surface area contributed by atoms with Gasteiger partial charge in [0.1, 0.15) is 0 Å². The molecule has 0 spiro atoms. The van der Waals surface area contributed by atoms with Crippen molar-refractivity contribution < 1.29 is 0 Å². The zero-order valence-electron chi connectivity index (χ0n) is 21.1. The van der Waals surface area contributed by atoms with Crippen molar-refractivity contribution in [2.24, 2.45) is 4.99 Å². The normalized spacial score (nSPS) is 15.5. The Balaban J connectivity index is 1.70. The Hall–Kier alpha value is -4.63. The van der Waals surface area contributed by atoms with E-state index in [1.807, 2.05) is 0 Å². The molecular formula is C34H29N3. The van der Waals surface area contributed by atoms with Crippen molar-refractivity contribution >= 4 is 22.9 Å². The Morgan fingerprint density at radius 3 is 1.62 bits per heavy atom. The number of amidine groups is 1.